The van der Waals surface area contributed by atoms with Gasteiger partial charge in [-0.3, -0.25) is 4.79 Å². The molecule has 0 bridgehead atoms. The fraction of sp³-hybridized carbons (Fsp3) is 0.923. The van der Waals surface area contributed by atoms with Gasteiger partial charge >= 0.3 is 0 Å². The molecule has 0 aromatic rings. The van der Waals surface area contributed by atoms with Crippen LogP contribution in [0.3, 0.4) is 0 Å². The highest BCUT2D eigenvalue weighted by atomic mass is 16.1. The molecule has 0 aromatic carbocycles. The number of hydrogen-bond acceptors (Lipinski definition) is 2. The van der Waals surface area contributed by atoms with E-state index in [2.05, 4.69) is 24.2 Å². The van der Waals surface area contributed by atoms with E-state index in [4.69, 9.17) is 0 Å². The summed E-state index contributed by atoms with van der Waals surface area (Å²) in [4.78, 5) is 14.0. The molecule has 1 aliphatic rings. The lowest BCUT2D eigenvalue weighted by molar-refractivity contribution is -0.122. The van der Waals surface area contributed by atoms with Gasteiger partial charge in [0.05, 0.1) is 0 Å². The summed E-state index contributed by atoms with van der Waals surface area (Å²) in [5.74, 6) is 0.869. The van der Waals surface area contributed by atoms with Crippen molar-refractivity contribution in [1.82, 2.24) is 10.2 Å². The molecule has 3 nitrogen and oxygen atoms in total. The molecule has 0 aliphatic carbocycles. The average molecular weight is 226 g/mol. The molecule has 0 atom stereocenters. The van der Waals surface area contributed by atoms with E-state index in [0.717, 1.165) is 32.5 Å². The van der Waals surface area contributed by atoms with Crippen LogP contribution in [0.4, 0.5) is 0 Å². The summed E-state index contributed by atoms with van der Waals surface area (Å²) in [6, 6.07) is 0. The molecule has 1 aliphatic heterocycles. The van der Waals surface area contributed by atoms with Crippen LogP contribution in [0, 0.1) is 5.92 Å². The van der Waals surface area contributed by atoms with Crippen molar-refractivity contribution in [2.24, 2.45) is 5.92 Å². The number of carbonyl (C=O) groups excluding carboxylic acids is 1. The Bertz CT molecular complexity index is 198. The summed E-state index contributed by atoms with van der Waals surface area (Å²) >= 11 is 0. The number of carbonyl (C=O) groups is 1. The van der Waals surface area contributed by atoms with Crippen LogP contribution in [0.25, 0.3) is 0 Å². The van der Waals surface area contributed by atoms with Gasteiger partial charge in [-0.15, -0.1) is 0 Å². The smallest absolute Gasteiger partial charge is 0.220 e. The molecule has 1 amide bonds. The number of likely N-dealkylation sites (tertiary alicyclic amines) is 1. The van der Waals surface area contributed by atoms with Crippen molar-refractivity contribution in [2.45, 2.75) is 45.4 Å². The Hall–Kier alpha value is -0.570. The number of piperidine rings is 1. The normalized spacial score (nSPS) is 18.6. The summed E-state index contributed by atoms with van der Waals surface area (Å²) in [5.41, 5.74) is 0. The van der Waals surface area contributed by atoms with Crippen LogP contribution in [0.5, 0.6) is 0 Å². The Morgan fingerprint density at radius 3 is 2.62 bits per heavy atom. The van der Waals surface area contributed by atoms with Gasteiger partial charge in [-0.05, 0) is 45.3 Å². The van der Waals surface area contributed by atoms with Crippen LogP contribution in [0.1, 0.15) is 45.4 Å². The fourth-order valence-corrected chi connectivity index (χ4v) is 2.20. The standard InChI is InChI=1S/C13H26N2O/c1-3-4-5-8-14-13(16)11-12-6-9-15(2)10-7-12/h12H,3-11H2,1-2H3,(H,14,16). The monoisotopic (exact) mass is 226 g/mol. The highest BCUT2D eigenvalue weighted by Gasteiger charge is 2.18. The molecule has 1 heterocycles. The second-order valence-electron chi connectivity index (χ2n) is 5.01. The Morgan fingerprint density at radius 1 is 1.31 bits per heavy atom. The summed E-state index contributed by atoms with van der Waals surface area (Å²) in [7, 11) is 2.15. The zero-order valence-electron chi connectivity index (χ0n) is 10.8. The molecule has 0 spiro atoms. The quantitative estimate of drug-likeness (QED) is 0.703. The molecule has 1 saturated heterocycles. The largest absolute Gasteiger partial charge is 0.356 e. The molecule has 0 aromatic heterocycles. The van der Waals surface area contributed by atoms with Crippen molar-refractivity contribution < 1.29 is 4.79 Å². The van der Waals surface area contributed by atoms with Crippen LogP contribution in [0.15, 0.2) is 0 Å². The highest BCUT2D eigenvalue weighted by Crippen LogP contribution is 2.19. The lowest BCUT2D eigenvalue weighted by Crippen LogP contribution is -2.33. The van der Waals surface area contributed by atoms with Gasteiger partial charge in [0, 0.05) is 13.0 Å². The minimum atomic E-state index is 0.255. The fourth-order valence-electron chi connectivity index (χ4n) is 2.20. The first-order valence-corrected chi connectivity index (χ1v) is 6.67. The number of nitrogens with zero attached hydrogens (tertiary/aromatic N) is 1. The number of amides is 1. The lowest BCUT2D eigenvalue weighted by atomic mass is 9.93. The average Bonchev–Trinajstić information content (AvgIpc) is 2.28. The second-order valence-corrected chi connectivity index (χ2v) is 5.01. The molecule has 1 N–H and O–H groups in total. The third-order valence-corrected chi connectivity index (χ3v) is 3.41. The first kappa shape index (κ1) is 13.5. The molecule has 3 heteroatoms. The van der Waals surface area contributed by atoms with E-state index in [9.17, 15) is 4.79 Å². The maximum absolute atomic E-state index is 11.6. The van der Waals surface area contributed by atoms with E-state index < -0.39 is 0 Å². The number of unbranched alkanes of at least 4 members (excludes halogenated alkanes) is 2. The zero-order chi connectivity index (χ0) is 11.8. The number of nitrogens with one attached hydrogen (secondary N) is 1. The van der Waals surface area contributed by atoms with Gasteiger partial charge in [0.2, 0.25) is 5.91 Å². The zero-order valence-corrected chi connectivity index (χ0v) is 10.8. The second kappa shape index (κ2) is 7.66. The Kier molecular flexibility index (Phi) is 6.46. The summed E-state index contributed by atoms with van der Waals surface area (Å²) in [5, 5.41) is 3.02. The molecule has 0 saturated carbocycles. The minimum absolute atomic E-state index is 0.255. The third-order valence-electron chi connectivity index (χ3n) is 3.41. The molecule has 1 fully saturated rings. The maximum Gasteiger partial charge on any atom is 0.220 e. The Balaban J connectivity index is 2.05. The maximum atomic E-state index is 11.6. The summed E-state index contributed by atoms with van der Waals surface area (Å²) in [6.07, 6.45) is 6.65. The van der Waals surface area contributed by atoms with Crippen molar-refractivity contribution in [2.75, 3.05) is 26.7 Å². The topological polar surface area (TPSA) is 32.3 Å². The SMILES string of the molecule is CCCCCNC(=O)CC1CCN(C)CC1. The van der Waals surface area contributed by atoms with Crippen molar-refractivity contribution >= 4 is 5.91 Å². The van der Waals surface area contributed by atoms with E-state index in [1.165, 1.54) is 25.7 Å². The van der Waals surface area contributed by atoms with Crippen LogP contribution in [0.2, 0.25) is 0 Å². The van der Waals surface area contributed by atoms with Crippen LogP contribution in [-0.2, 0) is 4.79 Å². The van der Waals surface area contributed by atoms with Crippen molar-refractivity contribution in [3.63, 3.8) is 0 Å². The molecular weight excluding hydrogens is 200 g/mol. The minimum Gasteiger partial charge on any atom is -0.356 e. The molecule has 0 unspecified atom stereocenters. The van der Waals surface area contributed by atoms with E-state index in [1.54, 1.807) is 0 Å². The van der Waals surface area contributed by atoms with E-state index in [-0.39, 0.29) is 5.91 Å². The van der Waals surface area contributed by atoms with E-state index in [0.29, 0.717) is 5.92 Å². The van der Waals surface area contributed by atoms with E-state index in [1.807, 2.05) is 0 Å². The predicted molar refractivity (Wildman–Crippen MR) is 67.4 cm³/mol. The molecule has 16 heavy (non-hydrogen) atoms. The van der Waals surface area contributed by atoms with Crippen molar-refractivity contribution in [3.05, 3.63) is 0 Å². The third kappa shape index (κ3) is 5.50. The Labute approximate surface area is 99.6 Å². The van der Waals surface area contributed by atoms with Gasteiger partial charge in [-0.1, -0.05) is 19.8 Å². The van der Waals surface area contributed by atoms with Gasteiger partial charge in [-0.25, -0.2) is 0 Å². The number of hydrogen-bond donors (Lipinski definition) is 1. The highest BCUT2D eigenvalue weighted by molar-refractivity contribution is 5.76. The van der Waals surface area contributed by atoms with Gasteiger partial charge in [0.1, 0.15) is 0 Å². The van der Waals surface area contributed by atoms with Gasteiger partial charge in [-0.2, -0.15) is 0 Å². The number of rotatable bonds is 6. The van der Waals surface area contributed by atoms with Crippen LogP contribution < -0.4 is 5.32 Å². The van der Waals surface area contributed by atoms with E-state index >= 15 is 0 Å². The van der Waals surface area contributed by atoms with Gasteiger partial charge in [0.25, 0.3) is 0 Å². The van der Waals surface area contributed by atoms with Crippen LogP contribution in [-0.4, -0.2) is 37.5 Å². The molecule has 94 valence electrons. The summed E-state index contributed by atoms with van der Waals surface area (Å²) < 4.78 is 0. The van der Waals surface area contributed by atoms with Crippen LogP contribution >= 0.6 is 0 Å². The lowest BCUT2D eigenvalue weighted by Gasteiger charge is -2.28. The Morgan fingerprint density at radius 2 is 2.00 bits per heavy atom. The van der Waals surface area contributed by atoms with Crippen molar-refractivity contribution in [3.8, 4) is 0 Å². The first-order chi connectivity index (χ1) is 7.72. The molecule has 1 rings (SSSR count). The predicted octanol–water partition coefficient (Wildman–Crippen LogP) is 2.02. The molecular formula is C13H26N2O. The molecule has 0 radical (unpaired) electrons. The first-order valence-electron chi connectivity index (χ1n) is 6.67. The summed E-state index contributed by atoms with van der Waals surface area (Å²) in [6.45, 7) is 5.33. The van der Waals surface area contributed by atoms with Gasteiger partial charge in [0.15, 0.2) is 0 Å². The van der Waals surface area contributed by atoms with Gasteiger partial charge < -0.3 is 10.2 Å². The van der Waals surface area contributed by atoms with Crippen molar-refractivity contribution in [1.29, 1.82) is 0 Å².